The van der Waals surface area contributed by atoms with E-state index in [1.165, 1.54) is 25.3 Å². The van der Waals surface area contributed by atoms with Gasteiger partial charge in [0.25, 0.3) is 0 Å². The average molecular weight is 263 g/mol. The van der Waals surface area contributed by atoms with E-state index >= 15 is 0 Å². The van der Waals surface area contributed by atoms with Crippen molar-refractivity contribution in [2.24, 2.45) is 0 Å². The highest BCUT2D eigenvalue weighted by atomic mass is 19.1. The largest absolute Gasteiger partial charge is 0.364 e. The van der Waals surface area contributed by atoms with Gasteiger partial charge in [-0.3, -0.25) is 0 Å². The average Bonchev–Trinajstić information content (AvgIpc) is 2.43. The minimum absolute atomic E-state index is 0.0260. The van der Waals surface area contributed by atoms with Gasteiger partial charge in [0.05, 0.1) is 11.7 Å². The summed E-state index contributed by atoms with van der Waals surface area (Å²) in [5.74, 6) is -0.184. The molecule has 1 aliphatic heterocycles. The molecule has 0 amide bonds. The Morgan fingerprint density at radius 1 is 1.26 bits per heavy atom. The fourth-order valence-electron chi connectivity index (χ4n) is 3.40. The molecule has 2 atom stereocenters. The summed E-state index contributed by atoms with van der Waals surface area (Å²) in [6.07, 6.45) is 6.00. The Morgan fingerprint density at radius 3 is 2.79 bits per heavy atom. The van der Waals surface area contributed by atoms with Crippen LogP contribution in [0.5, 0.6) is 0 Å². The highest BCUT2D eigenvalue weighted by molar-refractivity contribution is 5.21. The summed E-state index contributed by atoms with van der Waals surface area (Å²) in [6.45, 7) is 3.05. The minimum Gasteiger partial charge on any atom is -0.364 e. The maximum Gasteiger partial charge on any atom is 0.123 e. The van der Waals surface area contributed by atoms with E-state index in [-0.39, 0.29) is 23.6 Å². The van der Waals surface area contributed by atoms with Crippen molar-refractivity contribution < 1.29 is 9.13 Å². The van der Waals surface area contributed by atoms with Crippen molar-refractivity contribution in [2.75, 3.05) is 6.54 Å². The lowest BCUT2D eigenvalue weighted by Gasteiger charge is -2.47. The fourth-order valence-corrected chi connectivity index (χ4v) is 3.40. The molecule has 19 heavy (non-hydrogen) atoms. The molecular weight excluding hydrogens is 241 g/mol. The standard InChI is InChI=1S/C16H22FNO/c1-12-15(13-6-5-7-14(17)10-13)19-16(11-18-12)8-3-2-4-9-16/h5-7,10,12,15,18H,2-4,8-9,11H2,1H3. The van der Waals surface area contributed by atoms with Gasteiger partial charge in [-0.25, -0.2) is 4.39 Å². The van der Waals surface area contributed by atoms with Crippen molar-refractivity contribution in [1.82, 2.24) is 5.32 Å². The van der Waals surface area contributed by atoms with Gasteiger partial charge in [0.15, 0.2) is 0 Å². The lowest BCUT2D eigenvalue weighted by molar-refractivity contribution is -0.151. The topological polar surface area (TPSA) is 21.3 Å². The summed E-state index contributed by atoms with van der Waals surface area (Å²) in [4.78, 5) is 0. The lowest BCUT2D eigenvalue weighted by Crippen LogP contribution is -2.55. The van der Waals surface area contributed by atoms with Crippen LogP contribution >= 0.6 is 0 Å². The van der Waals surface area contributed by atoms with Gasteiger partial charge in [0.2, 0.25) is 0 Å². The van der Waals surface area contributed by atoms with Crippen LogP contribution in [0.2, 0.25) is 0 Å². The van der Waals surface area contributed by atoms with Crippen LogP contribution in [-0.4, -0.2) is 18.2 Å². The highest BCUT2D eigenvalue weighted by Gasteiger charge is 2.41. The van der Waals surface area contributed by atoms with Gasteiger partial charge in [-0.05, 0) is 37.5 Å². The number of ether oxygens (including phenoxy) is 1. The van der Waals surface area contributed by atoms with Gasteiger partial charge in [0, 0.05) is 12.6 Å². The fraction of sp³-hybridized carbons (Fsp3) is 0.625. The molecule has 3 rings (SSSR count). The van der Waals surface area contributed by atoms with Crippen molar-refractivity contribution >= 4 is 0 Å². The zero-order valence-corrected chi connectivity index (χ0v) is 11.5. The molecule has 1 N–H and O–H groups in total. The molecule has 1 aliphatic carbocycles. The van der Waals surface area contributed by atoms with Crippen LogP contribution in [0.3, 0.4) is 0 Å². The first-order valence-corrected chi connectivity index (χ1v) is 7.35. The van der Waals surface area contributed by atoms with Crippen molar-refractivity contribution in [3.05, 3.63) is 35.6 Å². The first-order valence-electron chi connectivity index (χ1n) is 7.35. The second kappa shape index (κ2) is 5.22. The van der Waals surface area contributed by atoms with Gasteiger partial charge < -0.3 is 10.1 Å². The molecule has 1 saturated carbocycles. The number of hydrogen-bond acceptors (Lipinski definition) is 2. The molecule has 1 heterocycles. The lowest BCUT2D eigenvalue weighted by atomic mass is 9.82. The number of hydrogen-bond donors (Lipinski definition) is 1. The monoisotopic (exact) mass is 263 g/mol. The molecule has 2 aliphatic rings. The Kier molecular flexibility index (Phi) is 3.59. The molecule has 2 unspecified atom stereocenters. The molecule has 1 aromatic carbocycles. The van der Waals surface area contributed by atoms with Gasteiger partial charge in [-0.1, -0.05) is 31.4 Å². The molecule has 1 spiro atoms. The first kappa shape index (κ1) is 13.1. The highest BCUT2D eigenvalue weighted by Crippen LogP contribution is 2.39. The van der Waals surface area contributed by atoms with E-state index in [4.69, 9.17) is 4.74 Å². The van der Waals surface area contributed by atoms with Crippen LogP contribution in [0.15, 0.2) is 24.3 Å². The maximum absolute atomic E-state index is 13.4. The van der Waals surface area contributed by atoms with Gasteiger partial charge in [-0.15, -0.1) is 0 Å². The Labute approximate surface area is 114 Å². The summed E-state index contributed by atoms with van der Waals surface area (Å²) in [6, 6.07) is 7.05. The van der Waals surface area contributed by atoms with E-state index in [0.717, 1.165) is 24.9 Å². The summed E-state index contributed by atoms with van der Waals surface area (Å²) in [5, 5.41) is 3.56. The zero-order chi connectivity index (χ0) is 13.3. The second-order valence-electron chi connectivity index (χ2n) is 6.01. The molecule has 1 aromatic rings. The number of benzene rings is 1. The van der Waals surface area contributed by atoms with E-state index in [2.05, 4.69) is 12.2 Å². The summed E-state index contributed by atoms with van der Waals surface area (Å²) < 4.78 is 19.8. The van der Waals surface area contributed by atoms with Crippen LogP contribution in [-0.2, 0) is 4.74 Å². The normalized spacial score (nSPS) is 30.4. The smallest absolute Gasteiger partial charge is 0.123 e. The van der Waals surface area contributed by atoms with E-state index in [1.54, 1.807) is 12.1 Å². The maximum atomic E-state index is 13.4. The number of rotatable bonds is 1. The van der Waals surface area contributed by atoms with Crippen molar-refractivity contribution in [1.29, 1.82) is 0 Å². The van der Waals surface area contributed by atoms with Crippen molar-refractivity contribution in [2.45, 2.75) is 56.8 Å². The van der Waals surface area contributed by atoms with Crippen molar-refractivity contribution in [3.63, 3.8) is 0 Å². The third-order valence-electron chi connectivity index (χ3n) is 4.52. The number of morpholine rings is 1. The van der Waals surface area contributed by atoms with Crippen LogP contribution in [0.1, 0.15) is 50.7 Å². The molecular formula is C16H22FNO. The molecule has 2 fully saturated rings. The zero-order valence-electron chi connectivity index (χ0n) is 11.5. The number of nitrogens with one attached hydrogen (secondary N) is 1. The second-order valence-corrected chi connectivity index (χ2v) is 6.01. The molecule has 3 heteroatoms. The summed E-state index contributed by atoms with van der Waals surface area (Å²) >= 11 is 0. The van der Waals surface area contributed by atoms with Gasteiger partial charge >= 0.3 is 0 Å². The minimum atomic E-state index is -0.184. The van der Waals surface area contributed by atoms with E-state index in [9.17, 15) is 4.39 Å². The molecule has 0 radical (unpaired) electrons. The SMILES string of the molecule is CC1NCC2(CCCCC2)OC1c1cccc(F)c1. The van der Waals surface area contributed by atoms with Gasteiger partial charge in [0.1, 0.15) is 5.82 Å². The molecule has 1 saturated heterocycles. The predicted octanol–water partition coefficient (Wildman–Crippen LogP) is 3.58. The van der Waals surface area contributed by atoms with E-state index in [1.807, 2.05) is 6.07 Å². The molecule has 2 nitrogen and oxygen atoms in total. The van der Waals surface area contributed by atoms with E-state index in [0.29, 0.717) is 0 Å². The third kappa shape index (κ3) is 2.67. The van der Waals surface area contributed by atoms with Crippen LogP contribution in [0.25, 0.3) is 0 Å². The molecule has 0 bridgehead atoms. The van der Waals surface area contributed by atoms with Crippen LogP contribution < -0.4 is 5.32 Å². The third-order valence-corrected chi connectivity index (χ3v) is 4.52. The Hall–Kier alpha value is -0.930. The Bertz CT molecular complexity index is 442. The Morgan fingerprint density at radius 2 is 2.05 bits per heavy atom. The van der Waals surface area contributed by atoms with Crippen molar-refractivity contribution in [3.8, 4) is 0 Å². The summed E-state index contributed by atoms with van der Waals surface area (Å²) in [5.41, 5.74) is 0.923. The number of halogens is 1. The predicted molar refractivity (Wildman–Crippen MR) is 73.5 cm³/mol. The van der Waals surface area contributed by atoms with E-state index < -0.39 is 0 Å². The Balaban J connectivity index is 1.83. The van der Waals surface area contributed by atoms with Gasteiger partial charge in [-0.2, -0.15) is 0 Å². The van der Waals surface area contributed by atoms with Crippen LogP contribution in [0.4, 0.5) is 4.39 Å². The first-order chi connectivity index (χ1) is 9.19. The quantitative estimate of drug-likeness (QED) is 0.836. The summed E-state index contributed by atoms with van der Waals surface area (Å²) in [7, 11) is 0. The molecule has 104 valence electrons. The molecule has 0 aromatic heterocycles. The van der Waals surface area contributed by atoms with Crippen LogP contribution in [0, 0.1) is 5.82 Å².